The third-order valence-corrected chi connectivity index (χ3v) is 3.97. The maximum Gasteiger partial charge on any atom is 0.134 e. The van der Waals surface area contributed by atoms with Gasteiger partial charge in [-0.05, 0) is 37.9 Å². The van der Waals surface area contributed by atoms with Crippen LogP contribution in [0.1, 0.15) is 18.1 Å². The molecule has 4 heteroatoms. The molecule has 3 nitrogen and oxygen atoms in total. The lowest BCUT2D eigenvalue weighted by atomic mass is 10.1. The second-order valence-electron chi connectivity index (χ2n) is 4.71. The van der Waals surface area contributed by atoms with Crippen LogP contribution in [0.25, 0.3) is 0 Å². The van der Waals surface area contributed by atoms with Gasteiger partial charge in [-0.15, -0.1) is 0 Å². The Balaban J connectivity index is 2.86. The third-order valence-electron chi connectivity index (χ3n) is 3.16. The van der Waals surface area contributed by atoms with Gasteiger partial charge < -0.3 is 9.84 Å². The number of hydrogen-bond donors (Lipinski definition) is 1. The van der Waals surface area contributed by atoms with E-state index in [0.29, 0.717) is 6.04 Å². The molecule has 0 spiro atoms. The van der Waals surface area contributed by atoms with E-state index < -0.39 is 0 Å². The number of methoxy groups -OCH3 is 1. The van der Waals surface area contributed by atoms with E-state index in [9.17, 15) is 0 Å². The number of nitrogens with zero attached hydrogens (tertiary/aromatic N) is 1. The van der Waals surface area contributed by atoms with Crippen LogP contribution in [-0.4, -0.2) is 48.8 Å². The van der Waals surface area contributed by atoms with Gasteiger partial charge in [0.15, 0.2) is 0 Å². The molecule has 1 aromatic carbocycles. The normalized spacial score (nSPS) is 11.9. The number of aliphatic hydroxyl groups is 1. The van der Waals surface area contributed by atoms with Crippen LogP contribution in [0, 0.1) is 11.8 Å². The molecule has 0 saturated carbocycles. The second-order valence-corrected chi connectivity index (χ2v) is 5.62. The molecule has 1 rings (SSSR count). The highest BCUT2D eigenvalue weighted by Gasteiger charge is 2.10. The highest BCUT2D eigenvalue weighted by Crippen LogP contribution is 2.20. The van der Waals surface area contributed by atoms with Crippen LogP contribution in [0.3, 0.4) is 0 Å². The Labute approximate surface area is 126 Å². The molecule has 0 radical (unpaired) electrons. The molecule has 0 saturated heterocycles. The third kappa shape index (κ3) is 5.09. The van der Waals surface area contributed by atoms with Gasteiger partial charge in [-0.2, -0.15) is 11.8 Å². The maximum absolute atomic E-state index is 8.81. The topological polar surface area (TPSA) is 32.7 Å². The van der Waals surface area contributed by atoms with E-state index in [0.717, 1.165) is 23.6 Å². The Morgan fingerprint density at radius 3 is 2.80 bits per heavy atom. The van der Waals surface area contributed by atoms with Gasteiger partial charge in [-0.25, -0.2) is 0 Å². The van der Waals surface area contributed by atoms with Crippen molar-refractivity contribution in [3.63, 3.8) is 0 Å². The summed E-state index contributed by atoms with van der Waals surface area (Å²) < 4.78 is 5.29. The first-order valence-corrected chi connectivity index (χ1v) is 7.97. The summed E-state index contributed by atoms with van der Waals surface area (Å²) in [7, 11) is 3.76. The Kier molecular flexibility index (Phi) is 7.53. The van der Waals surface area contributed by atoms with Crippen molar-refractivity contribution < 1.29 is 9.84 Å². The van der Waals surface area contributed by atoms with Gasteiger partial charge in [0.25, 0.3) is 0 Å². The van der Waals surface area contributed by atoms with Crippen molar-refractivity contribution in [2.24, 2.45) is 0 Å². The molecule has 110 valence electrons. The quantitative estimate of drug-likeness (QED) is 0.815. The molecule has 1 unspecified atom stereocenters. The molecular formula is C16H23NO2S. The minimum atomic E-state index is -0.141. The van der Waals surface area contributed by atoms with Crippen molar-refractivity contribution in [3.05, 3.63) is 29.3 Å². The summed E-state index contributed by atoms with van der Waals surface area (Å²) in [5, 5.41) is 8.81. The Hall–Kier alpha value is -1.15. The Bertz CT molecular complexity index is 479. The van der Waals surface area contributed by atoms with Crippen LogP contribution in [0.5, 0.6) is 5.75 Å². The van der Waals surface area contributed by atoms with Crippen LogP contribution in [0.2, 0.25) is 0 Å². The van der Waals surface area contributed by atoms with Gasteiger partial charge in [-0.3, -0.25) is 4.90 Å². The molecule has 0 amide bonds. The molecule has 0 bridgehead atoms. The molecule has 1 N–H and O–H groups in total. The average Bonchev–Trinajstić information content (AvgIpc) is 2.45. The lowest BCUT2D eigenvalue weighted by Gasteiger charge is -2.24. The fraction of sp³-hybridized carbons (Fsp3) is 0.500. The Morgan fingerprint density at radius 2 is 2.20 bits per heavy atom. The summed E-state index contributed by atoms with van der Waals surface area (Å²) >= 11 is 1.86. The summed E-state index contributed by atoms with van der Waals surface area (Å²) in [6, 6.07) is 6.55. The molecule has 0 heterocycles. The van der Waals surface area contributed by atoms with Crippen LogP contribution < -0.4 is 4.74 Å². The molecule has 0 aliphatic rings. The van der Waals surface area contributed by atoms with Crippen molar-refractivity contribution in [1.29, 1.82) is 0 Å². The summed E-state index contributed by atoms with van der Waals surface area (Å²) in [4.78, 5) is 2.32. The number of ether oxygens (including phenoxy) is 1. The van der Waals surface area contributed by atoms with Gasteiger partial charge in [0.05, 0.1) is 12.7 Å². The second kappa shape index (κ2) is 8.91. The first-order valence-electron chi connectivity index (χ1n) is 6.58. The fourth-order valence-electron chi connectivity index (χ4n) is 1.90. The van der Waals surface area contributed by atoms with Crippen LogP contribution in [0.4, 0.5) is 0 Å². The maximum atomic E-state index is 8.81. The van der Waals surface area contributed by atoms with Gasteiger partial charge >= 0.3 is 0 Å². The Morgan fingerprint density at radius 1 is 1.45 bits per heavy atom. The van der Waals surface area contributed by atoms with Crippen LogP contribution in [0.15, 0.2) is 18.2 Å². The fourth-order valence-corrected chi connectivity index (χ4v) is 2.64. The highest BCUT2D eigenvalue weighted by molar-refractivity contribution is 7.98. The number of thioether (sulfide) groups is 1. The van der Waals surface area contributed by atoms with Crippen molar-refractivity contribution in [3.8, 4) is 17.6 Å². The lowest BCUT2D eigenvalue weighted by molar-refractivity contribution is 0.269. The molecule has 0 aliphatic carbocycles. The molecule has 20 heavy (non-hydrogen) atoms. The first kappa shape index (κ1) is 16.9. The van der Waals surface area contributed by atoms with Crippen molar-refractivity contribution in [2.45, 2.75) is 19.5 Å². The smallest absolute Gasteiger partial charge is 0.134 e. The van der Waals surface area contributed by atoms with E-state index in [1.807, 2.05) is 23.9 Å². The zero-order chi connectivity index (χ0) is 15.0. The number of rotatable bonds is 6. The largest absolute Gasteiger partial charge is 0.495 e. The number of aliphatic hydroxyl groups excluding tert-OH is 1. The van der Waals surface area contributed by atoms with E-state index >= 15 is 0 Å². The summed E-state index contributed by atoms with van der Waals surface area (Å²) in [6.45, 7) is 2.96. The minimum absolute atomic E-state index is 0.141. The summed E-state index contributed by atoms with van der Waals surface area (Å²) in [5.41, 5.74) is 2.02. The van der Waals surface area contributed by atoms with E-state index in [4.69, 9.17) is 9.84 Å². The summed E-state index contributed by atoms with van der Waals surface area (Å²) in [5.74, 6) is 7.47. The van der Waals surface area contributed by atoms with Crippen LogP contribution in [-0.2, 0) is 6.54 Å². The van der Waals surface area contributed by atoms with Crippen molar-refractivity contribution >= 4 is 11.8 Å². The zero-order valence-corrected chi connectivity index (χ0v) is 13.5. The molecule has 1 atom stereocenters. The van der Waals surface area contributed by atoms with E-state index in [-0.39, 0.29) is 6.61 Å². The predicted octanol–water partition coefficient (Wildman–Crippen LogP) is 2.22. The van der Waals surface area contributed by atoms with Crippen molar-refractivity contribution in [2.75, 3.05) is 32.8 Å². The lowest BCUT2D eigenvalue weighted by Crippen LogP contribution is -2.30. The van der Waals surface area contributed by atoms with Crippen molar-refractivity contribution in [1.82, 2.24) is 4.90 Å². The monoisotopic (exact) mass is 293 g/mol. The minimum Gasteiger partial charge on any atom is -0.495 e. The molecule has 0 aromatic heterocycles. The van der Waals surface area contributed by atoms with Gasteiger partial charge in [0.2, 0.25) is 0 Å². The first-order chi connectivity index (χ1) is 9.62. The van der Waals surface area contributed by atoms with Gasteiger partial charge in [-0.1, -0.05) is 17.9 Å². The van der Waals surface area contributed by atoms with E-state index in [1.165, 1.54) is 5.56 Å². The summed E-state index contributed by atoms with van der Waals surface area (Å²) in [6.07, 6.45) is 2.13. The molecule has 0 fully saturated rings. The standard InChI is InChI=1S/C16H23NO2S/c1-13(12-20-4)17(2)11-14-7-8-16(19-3)15(10-14)6-5-9-18/h7-8,10,13,18H,9,11-12H2,1-4H3. The average molecular weight is 293 g/mol. The molecule has 0 aliphatic heterocycles. The SMILES string of the molecule is COc1ccc(CN(C)C(C)CSC)cc1C#CCO. The van der Waals surface area contributed by atoms with Gasteiger partial charge in [0.1, 0.15) is 12.4 Å². The molecular weight excluding hydrogens is 270 g/mol. The van der Waals surface area contributed by atoms with E-state index in [1.54, 1.807) is 7.11 Å². The number of hydrogen-bond acceptors (Lipinski definition) is 4. The zero-order valence-electron chi connectivity index (χ0n) is 12.6. The highest BCUT2D eigenvalue weighted by atomic mass is 32.2. The van der Waals surface area contributed by atoms with E-state index in [2.05, 4.69) is 43.0 Å². The predicted molar refractivity (Wildman–Crippen MR) is 86.3 cm³/mol. The van der Waals surface area contributed by atoms with Gasteiger partial charge in [0, 0.05) is 18.3 Å². The number of benzene rings is 1. The van der Waals surface area contributed by atoms with Crippen LogP contribution >= 0.6 is 11.8 Å². The molecule has 1 aromatic rings.